The molecule has 3 aliphatic heterocycles. The van der Waals surface area contributed by atoms with Crippen molar-refractivity contribution in [2.24, 2.45) is 11.8 Å². The Labute approximate surface area is 259 Å². The number of likely N-dealkylation sites (tertiary alicyclic amines) is 1. The highest BCUT2D eigenvalue weighted by molar-refractivity contribution is 8.02. The molecule has 3 heterocycles. The number of carbonyl (C=O) groups excluding carboxylic acids is 3. The fourth-order valence-electron chi connectivity index (χ4n) is 7.39. The van der Waals surface area contributed by atoms with Crippen LogP contribution in [0.2, 0.25) is 0 Å². The molecule has 0 aliphatic carbocycles. The van der Waals surface area contributed by atoms with Crippen LogP contribution in [0.3, 0.4) is 0 Å². The van der Waals surface area contributed by atoms with Crippen LogP contribution in [-0.2, 0) is 32.1 Å². The quantitative estimate of drug-likeness (QED) is 0.190. The average molecular weight is 603 g/mol. The number of esters is 1. The molecule has 0 radical (unpaired) electrons. The van der Waals surface area contributed by atoms with E-state index in [0.717, 1.165) is 17.5 Å². The highest BCUT2D eigenvalue weighted by atomic mass is 32.2. The van der Waals surface area contributed by atoms with Crippen molar-refractivity contribution >= 4 is 29.5 Å². The summed E-state index contributed by atoms with van der Waals surface area (Å²) in [5.41, 5.74) is 1.94. The van der Waals surface area contributed by atoms with Crippen molar-refractivity contribution in [3.63, 3.8) is 0 Å². The van der Waals surface area contributed by atoms with Crippen molar-refractivity contribution in [1.29, 1.82) is 0 Å². The van der Waals surface area contributed by atoms with Crippen LogP contribution in [0.4, 0.5) is 0 Å². The van der Waals surface area contributed by atoms with E-state index in [9.17, 15) is 19.5 Å². The lowest BCUT2D eigenvalue weighted by Crippen LogP contribution is -2.57. The maximum absolute atomic E-state index is 14.8. The Morgan fingerprint density at radius 2 is 1.77 bits per heavy atom. The van der Waals surface area contributed by atoms with Crippen molar-refractivity contribution in [3.05, 3.63) is 97.1 Å². The number of aliphatic hydroxyl groups is 1. The van der Waals surface area contributed by atoms with Crippen LogP contribution in [0.5, 0.6) is 0 Å². The number of carbonyl (C=O) groups is 3. The van der Waals surface area contributed by atoms with Gasteiger partial charge in [-0.2, -0.15) is 0 Å². The summed E-state index contributed by atoms with van der Waals surface area (Å²) in [5.74, 6) is -2.16. The molecular weight excluding hydrogens is 560 g/mol. The van der Waals surface area contributed by atoms with Gasteiger partial charge in [0.25, 0.3) is 0 Å². The second-order valence-electron chi connectivity index (χ2n) is 12.1. The van der Waals surface area contributed by atoms with Gasteiger partial charge < -0.3 is 19.6 Å². The number of benzene rings is 2. The number of hydrogen-bond donors (Lipinski definition) is 1. The van der Waals surface area contributed by atoms with Gasteiger partial charge in [0.05, 0.1) is 35.8 Å². The zero-order chi connectivity index (χ0) is 30.6. The maximum Gasteiger partial charge on any atom is 0.311 e. The summed E-state index contributed by atoms with van der Waals surface area (Å²) in [4.78, 5) is 46.5. The van der Waals surface area contributed by atoms with Crippen molar-refractivity contribution in [3.8, 4) is 0 Å². The molecule has 43 heavy (non-hydrogen) atoms. The average Bonchev–Trinajstić information content (AvgIpc) is 3.59. The number of rotatable bonds is 14. The molecule has 0 aromatic heterocycles. The van der Waals surface area contributed by atoms with E-state index in [0.29, 0.717) is 38.8 Å². The molecule has 1 N–H and O–H groups in total. The molecule has 8 heteroatoms. The third-order valence-corrected chi connectivity index (χ3v) is 11.3. The number of thioether (sulfide) groups is 1. The second-order valence-corrected chi connectivity index (χ2v) is 14.0. The van der Waals surface area contributed by atoms with Crippen LogP contribution in [0.25, 0.3) is 0 Å². The Bertz CT molecular complexity index is 1340. The summed E-state index contributed by atoms with van der Waals surface area (Å²) < 4.78 is 4.43. The summed E-state index contributed by atoms with van der Waals surface area (Å²) in [7, 11) is 0. The Hall–Kier alpha value is -3.36. The van der Waals surface area contributed by atoms with Gasteiger partial charge in [-0.1, -0.05) is 72.8 Å². The van der Waals surface area contributed by atoms with Gasteiger partial charge in [-0.15, -0.1) is 24.9 Å². The first kappa shape index (κ1) is 31.1. The van der Waals surface area contributed by atoms with Gasteiger partial charge in [-0.05, 0) is 50.2 Å². The standard InChI is InChI=1S/C35H42N2O5S/c1-4-6-13-21-42-33(41)29-28-31(39)37(27(24-38)22-25-14-9-7-10-15-25)30(35(28)19-18-34(29,3)43-35)32(40)36(20-5-2)23-26-16-11-8-12-17-26/h4-5,7-12,14-17,27-30,38H,1-2,6,13,18-24H2,3H3/t27-,28+,29+,30?,34-,35?/m1/s1. The van der Waals surface area contributed by atoms with Gasteiger partial charge in [0.15, 0.2) is 0 Å². The highest BCUT2D eigenvalue weighted by Crippen LogP contribution is 2.71. The zero-order valence-electron chi connectivity index (χ0n) is 24.9. The monoisotopic (exact) mass is 602 g/mol. The predicted molar refractivity (Wildman–Crippen MR) is 169 cm³/mol. The molecule has 228 valence electrons. The lowest BCUT2D eigenvalue weighted by atomic mass is 9.66. The van der Waals surface area contributed by atoms with Crippen molar-refractivity contribution in [2.45, 2.75) is 67.2 Å². The molecule has 1 spiro atoms. The molecule has 3 saturated heterocycles. The molecule has 5 rings (SSSR count). The van der Waals surface area contributed by atoms with E-state index in [2.05, 4.69) is 13.2 Å². The van der Waals surface area contributed by atoms with Crippen LogP contribution in [0, 0.1) is 11.8 Å². The van der Waals surface area contributed by atoms with Gasteiger partial charge in [-0.25, -0.2) is 0 Å². The van der Waals surface area contributed by atoms with E-state index < -0.39 is 33.4 Å². The molecule has 3 fully saturated rings. The first-order chi connectivity index (χ1) is 20.8. The van der Waals surface area contributed by atoms with Crippen LogP contribution < -0.4 is 0 Å². The number of amides is 2. The van der Waals surface area contributed by atoms with Crippen LogP contribution in [0.1, 0.15) is 43.7 Å². The predicted octanol–water partition coefficient (Wildman–Crippen LogP) is 4.80. The zero-order valence-corrected chi connectivity index (χ0v) is 25.7. The first-order valence-corrected chi connectivity index (χ1v) is 16.0. The lowest BCUT2D eigenvalue weighted by molar-refractivity contribution is -0.156. The molecule has 2 aromatic rings. The van der Waals surface area contributed by atoms with Gasteiger partial charge in [-0.3, -0.25) is 14.4 Å². The lowest BCUT2D eigenvalue weighted by Gasteiger charge is -2.39. The molecule has 3 aliphatic rings. The topological polar surface area (TPSA) is 87.1 Å². The summed E-state index contributed by atoms with van der Waals surface area (Å²) in [6.07, 6.45) is 6.63. The van der Waals surface area contributed by atoms with E-state index in [1.54, 1.807) is 33.7 Å². The van der Waals surface area contributed by atoms with Crippen molar-refractivity contribution in [2.75, 3.05) is 19.8 Å². The minimum atomic E-state index is -0.833. The molecule has 7 nitrogen and oxygen atoms in total. The van der Waals surface area contributed by atoms with E-state index >= 15 is 0 Å². The Morgan fingerprint density at radius 1 is 1.09 bits per heavy atom. The number of fused-ring (bicyclic) bond motifs is 1. The Balaban J connectivity index is 1.55. The van der Waals surface area contributed by atoms with Crippen LogP contribution >= 0.6 is 11.8 Å². The number of hydrogen-bond acceptors (Lipinski definition) is 6. The molecule has 2 amide bonds. The molecule has 6 atom stereocenters. The minimum absolute atomic E-state index is 0.178. The van der Waals surface area contributed by atoms with E-state index in [-0.39, 0.29) is 31.0 Å². The minimum Gasteiger partial charge on any atom is -0.465 e. The molecule has 2 bridgehead atoms. The fourth-order valence-corrected chi connectivity index (χ4v) is 9.71. The smallest absolute Gasteiger partial charge is 0.311 e. The molecule has 0 saturated carbocycles. The summed E-state index contributed by atoms with van der Waals surface area (Å²) in [6.45, 7) is 10.3. The number of nitrogens with zero attached hydrogens (tertiary/aromatic N) is 2. The Morgan fingerprint density at radius 3 is 2.40 bits per heavy atom. The summed E-state index contributed by atoms with van der Waals surface area (Å²) >= 11 is 1.62. The van der Waals surface area contributed by atoms with Gasteiger partial charge in [0.2, 0.25) is 11.8 Å². The van der Waals surface area contributed by atoms with Gasteiger partial charge >= 0.3 is 5.97 Å². The number of ether oxygens (including phenoxy) is 1. The van der Waals surface area contributed by atoms with E-state index in [1.807, 2.05) is 67.6 Å². The Kier molecular flexibility index (Phi) is 9.47. The van der Waals surface area contributed by atoms with Gasteiger partial charge in [0.1, 0.15) is 6.04 Å². The van der Waals surface area contributed by atoms with Gasteiger partial charge in [0, 0.05) is 17.8 Å². The fraction of sp³-hybridized carbons (Fsp3) is 0.457. The number of aliphatic hydroxyl groups excluding tert-OH is 1. The van der Waals surface area contributed by atoms with E-state index in [1.165, 1.54) is 0 Å². The number of allylic oxidation sites excluding steroid dienone is 1. The van der Waals surface area contributed by atoms with Crippen molar-refractivity contribution in [1.82, 2.24) is 9.80 Å². The normalized spacial score (nSPS) is 27.9. The molecule has 2 unspecified atom stereocenters. The highest BCUT2D eigenvalue weighted by Gasteiger charge is 2.78. The van der Waals surface area contributed by atoms with Crippen molar-refractivity contribution < 1.29 is 24.2 Å². The third kappa shape index (κ3) is 5.79. The summed E-state index contributed by atoms with van der Waals surface area (Å²) in [5, 5.41) is 10.7. The molecule has 2 aromatic carbocycles. The summed E-state index contributed by atoms with van der Waals surface area (Å²) in [6, 6.07) is 18.0. The SMILES string of the molecule is C=CCCCOC(=O)[C@@H]1[C@H]2C(=O)N([C@@H](CO)Cc3ccccc3)C(C(=O)N(CC=C)Cc3ccccc3)C23CC[C@@]1(C)S3. The second kappa shape index (κ2) is 13.1. The molecular formula is C35H42N2O5S. The maximum atomic E-state index is 14.8. The first-order valence-electron chi connectivity index (χ1n) is 15.2. The van der Waals surface area contributed by atoms with Crippen LogP contribution in [0.15, 0.2) is 86.0 Å². The third-order valence-electron chi connectivity index (χ3n) is 9.29. The van der Waals surface area contributed by atoms with Crippen LogP contribution in [-0.4, -0.2) is 74.0 Å². The largest absolute Gasteiger partial charge is 0.465 e. The van der Waals surface area contributed by atoms with E-state index in [4.69, 9.17) is 4.74 Å². The number of unbranched alkanes of at least 4 members (excludes halogenated alkanes) is 1.